The van der Waals surface area contributed by atoms with Gasteiger partial charge in [0.1, 0.15) is 11.8 Å². The van der Waals surface area contributed by atoms with E-state index in [1.54, 1.807) is 7.11 Å². The highest BCUT2D eigenvalue weighted by Crippen LogP contribution is 2.32. The van der Waals surface area contributed by atoms with Crippen LogP contribution in [0, 0.1) is 0 Å². The average Bonchev–Trinajstić information content (AvgIpc) is 2.61. The van der Waals surface area contributed by atoms with Gasteiger partial charge in [0.15, 0.2) is 0 Å². The van der Waals surface area contributed by atoms with Crippen LogP contribution in [0.4, 0.5) is 0 Å². The molecule has 0 heterocycles. The highest BCUT2D eigenvalue weighted by molar-refractivity contribution is 5.74. The molecule has 2 N–H and O–H groups in total. The van der Waals surface area contributed by atoms with Crippen molar-refractivity contribution < 1.29 is 14.6 Å². The van der Waals surface area contributed by atoms with Crippen molar-refractivity contribution in [3.8, 4) is 5.75 Å². The molecule has 2 aromatic rings. The van der Waals surface area contributed by atoms with Crippen LogP contribution in [0.25, 0.3) is 0 Å². The van der Waals surface area contributed by atoms with Gasteiger partial charge >= 0.3 is 5.97 Å². The lowest BCUT2D eigenvalue weighted by Crippen LogP contribution is -2.41. The number of benzene rings is 2. The van der Waals surface area contributed by atoms with E-state index in [1.165, 1.54) is 11.1 Å². The van der Waals surface area contributed by atoms with Crippen molar-refractivity contribution in [2.75, 3.05) is 7.11 Å². The number of aryl methyl sites for hydroxylation is 1. The SMILES string of the molecule is COc1ccc2c(c1)CCCC2N[C@@H](Cc1ccccc1)C(=O)O. The van der Waals surface area contributed by atoms with Crippen molar-refractivity contribution in [2.45, 2.75) is 37.8 Å². The molecule has 4 nitrogen and oxygen atoms in total. The summed E-state index contributed by atoms with van der Waals surface area (Å²) in [5.41, 5.74) is 3.48. The van der Waals surface area contributed by atoms with E-state index in [2.05, 4.69) is 17.4 Å². The van der Waals surface area contributed by atoms with Crippen LogP contribution in [-0.4, -0.2) is 24.2 Å². The zero-order chi connectivity index (χ0) is 16.9. The summed E-state index contributed by atoms with van der Waals surface area (Å²) >= 11 is 0. The maximum atomic E-state index is 11.7. The minimum atomic E-state index is -0.806. The van der Waals surface area contributed by atoms with Crippen LogP contribution in [0.15, 0.2) is 48.5 Å². The summed E-state index contributed by atoms with van der Waals surface area (Å²) in [6.07, 6.45) is 3.51. The lowest BCUT2D eigenvalue weighted by molar-refractivity contribution is -0.139. The third kappa shape index (κ3) is 3.77. The van der Waals surface area contributed by atoms with Crippen molar-refractivity contribution in [2.24, 2.45) is 0 Å². The lowest BCUT2D eigenvalue weighted by Gasteiger charge is -2.29. The van der Waals surface area contributed by atoms with Crippen LogP contribution in [0.1, 0.15) is 35.6 Å². The number of carboxylic acid groups (broad SMARTS) is 1. The Kier molecular flexibility index (Phi) is 5.16. The Labute approximate surface area is 142 Å². The number of methoxy groups -OCH3 is 1. The summed E-state index contributed by atoms with van der Waals surface area (Å²) in [6.45, 7) is 0. The molecule has 1 aliphatic carbocycles. The molecule has 126 valence electrons. The smallest absolute Gasteiger partial charge is 0.321 e. The number of carboxylic acids is 1. The third-order valence-electron chi connectivity index (χ3n) is 4.65. The maximum Gasteiger partial charge on any atom is 0.321 e. The molecule has 2 atom stereocenters. The molecule has 0 aliphatic heterocycles. The zero-order valence-electron chi connectivity index (χ0n) is 13.9. The van der Waals surface area contributed by atoms with Crippen LogP contribution in [0.5, 0.6) is 5.75 Å². The fourth-order valence-electron chi connectivity index (χ4n) is 3.40. The normalized spacial score (nSPS) is 17.8. The Morgan fingerprint density at radius 3 is 2.79 bits per heavy atom. The molecule has 0 radical (unpaired) electrons. The van der Waals surface area contributed by atoms with Crippen LogP contribution in [0.3, 0.4) is 0 Å². The molecule has 3 rings (SSSR count). The van der Waals surface area contributed by atoms with E-state index in [9.17, 15) is 9.90 Å². The molecule has 0 saturated carbocycles. The Morgan fingerprint density at radius 2 is 2.08 bits per heavy atom. The molecule has 4 heteroatoms. The summed E-state index contributed by atoms with van der Waals surface area (Å²) < 4.78 is 5.30. The summed E-state index contributed by atoms with van der Waals surface area (Å²) in [7, 11) is 1.67. The van der Waals surface area contributed by atoms with Crippen molar-refractivity contribution in [1.29, 1.82) is 0 Å². The second-order valence-corrected chi connectivity index (χ2v) is 6.26. The first-order valence-electron chi connectivity index (χ1n) is 8.37. The monoisotopic (exact) mass is 325 g/mol. The Morgan fingerprint density at radius 1 is 1.29 bits per heavy atom. The minimum absolute atomic E-state index is 0.0736. The van der Waals surface area contributed by atoms with Crippen molar-refractivity contribution in [3.05, 3.63) is 65.2 Å². The Balaban J connectivity index is 1.78. The van der Waals surface area contributed by atoms with Gasteiger partial charge in [-0.05, 0) is 54.5 Å². The largest absolute Gasteiger partial charge is 0.497 e. The van der Waals surface area contributed by atoms with Crippen LogP contribution >= 0.6 is 0 Å². The fourth-order valence-corrected chi connectivity index (χ4v) is 3.40. The van der Waals surface area contributed by atoms with E-state index in [0.29, 0.717) is 6.42 Å². The second kappa shape index (κ2) is 7.49. The van der Waals surface area contributed by atoms with Gasteiger partial charge in [0.05, 0.1) is 7.11 Å². The van der Waals surface area contributed by atoms with Crippen LogP contribution in [0.2, 0.25) is 0 Å². The van der Waals surface area contributed by atoms with E-state index in [0.717, 1.165) is 30.6 Å². The number of hydrogen-bond acceptors (Lipinski definition) is 3. The summed E-state index contributed by atoms with van der Waals surface area (Å²) in [5, 5.41) is 13.0. The number of hydrogen-bond donors (Lipinski definition) is 2. The van der Waals surface area contributed by atoms with Crippen molar-refractivity contribution >= 4 is 5.97 Å². The molecule has 0 bridgehead atoms. The third-order valence-corrected chi connectivity index (χ3v) is 4.65. The molecular formula is C20H23NO3. The topological polar surface area (TPSA) is 58.6 Å². The van der Waals surface area contributed by atoms with Gasteiger partial charge in [-0.15, -0.1) is 0 Å². The van der Waals surface area contributed by atoms with E-state index in [1.807, 2.05) is 36.4 Å². The molecule has 0 fully saturated rings. The number of ether oxygens (including phenoxy) is 1. The van der Waals surface area contributed by atoms with E-state index in [-0.39, 0.29) is 6.04 Å². The molecular weight excluding hydrogens is 302 g/mol. The first-order valence-corrected chi connectivity index (χ1v) is 8.37. The predicted molar refractivity (Wildman–Crippen MR) is 93.4 cm³/mol. The quantitative estimate of drug-likeness (QED) is 0.855. The lowest BCUT2D eigenvalue weighted by atomic mass is 9.87. The van der Waals surface area contributed by atoms with Gasteiger partial charge in [-0.25, -0.2) is 0 Å². The summed E-state index contributed by atoms with van der Waals surface area (Å²) in [5.74, 6) is 0.0490. The zero-order valence-corrected chi connectivity index (χ0v) is 13.9. The van der Waals surface area contributed by atoms with Gasteiger partial charge in [-0.3, -0.25) is 10.1 Å². The van der Waals surface area contributed by atoms with E-state index < -0.39 is 12.0 Å². The predicted octanol–water partition coefficient (Wildman–Crippen LogP) is 3.36. The average molecular weight is 325 g/mol. The summed E-state index contributed by atoms with van der Waals surface area (Å²) in [6, 6.07) is 15.3. The second-order valence-electron chi connectivity index (χ2n) is 6.26. The Bertz CT molecular complexity index is 699. The van der Waals surface area contributed by atoms with E-state index in [4.69, 9.17) is 4.74 Å². The molecule has 2 aromatic carbocycles. The van der Waals surface area contributed by atoms with Gasteiger partial charge in [-0.2, -0.15) is 0 Å². The molecule has 24 heavy (non-hydrogen) atoms. The fraction of sp³-hybridized carbons (Fsp3) is 0.350. The first-order chi connectivity index (χ1) is 11.7. The highest BCUT2D eigenvalue weighted by Gasteiger charge is 2.26. The molecule has 0 amide bonds. The minimum Gasteiger partial charge on any atom is -0.497 e. The van der Waals surface area contributed by atoms with Crippen molar-refractivity contribution in [3.63, 3.8) is 0 Å². The molecule has 0 spiro atoms. The van der Waals surface area contributed by atoms with Gasteiger partial charge < -0.3 is 9.84 Å². The number of carbonyl (C=O) groups is 1. The Hall–Kier alpha value is -2.33. The van der Waals surface area contributed by atoms with Gasteiger partial charge in [0.25, 0.3) is 0 Å². The van der Waals surface area contributed by atoms with Crippen LogP contribution in [-0.2, 0) is 17.6 Å². The maximum absolute atomic E-state index is 11.7. The number of aliphatic carboxylic acids is 1. The number of nitrogens with one attached hydrogen (secondary N) is 1. The standard InChI is InChI=1S/C20H23NO3/c1-24-16-10-11-17-15(13-16)8-5-9-18(17)21-19(20(22)23)12-14-6-3-2-4-7-14/h2-4,6-7,10-11,13,18-19,21H,5,8-9,12H2,1H3,(H,22,23)/t18?,19-/m0/s1. The molecule has 0 aromatic heterocycles. The highest BCUT2D eigenvalue weighted by atomic mass is 16.5. The van der Waals surface area contributed by atoms with Crippen molar-refractivity contribution in [1.82, 2.24) is 5.32 Å². The van der Waals surface area contributed by atoms with Crippen LogP contribution < -0.4 is 10.1 Å². The molecule has 1 unspecified atom stereocenters. The number of rotatable bonds is 6. The van der Waals surface area contributed by atoms with Gasteiger partial charge in [0.2, 0.25) is 0 Å². The van der Waals surface area contributed by atoms with Gasteiger partial charge in [0, 0.05) is 6.04 Å². The van der Waals surface area contributed by atoms with E-state index >= 15 is 0 Å². The summed E-state index contributed by atoms with van der Waals surface area (Å²) in [4.78, 5) is 11.7. The molecule has 1 aliphatic rings. The number of fused-ring (bicyclic) bond motifs is 1. The van der Waals surface area contributed by atoms with Gasteiger partial charge in [-0.1, -0.05) is 36.4 Å². The molecule has 0 saturated heterocycles. The first kappa shape index (κ1) is 16.5.